The average Bonchev–Trinajstić information content (AvgIpc) is 3.25. The number of benzene rings is 1. The standard InChI is InChI=1S/C23H32FN3O2/c1-3-4-16(2)27-14-19-20(15-27)23(25-22(19)29)9-11-26(12-10-23)21(28)13-17-5-7-18(24)8-6-17/h5-8,16,19-20H,3-4,9-15H2,1-2H3,(H,25,29)/t16?,19-,20+/m1/s1. The van der Waals surface area contributed by atoms with Crippen LogP contribution in [-0.4, -0.2) is 59.4 Å². The smallest absolute Gasteiger partial charge is 0.226 e. The Morgan fingerprint density at radius 3 is 2.59 bits per heavy atom. The molecule has 3 aliphatic heterocycles. The molecule has 158 valence electrons. The van der Waals surface area contributed by atoms with Crippen molar-refractivity contribution in [3.05, 3.63) is 35.6 Å². The van der Waals surface area contributed by atoms with Crippen LogP contribution in [0.3, 0.4) is 0 Å². The fraction of sp³-hybridized carbons (Fsp3) is 0.652. The third-order valence-corrected chi connectivity index (χ3v) is 7.37. The van der Waals surface area contributed by atoms with Gasteiger partial charge in [0.1, 0.15) is 5.82 Å². The second kappa shape index (κ2) is 8.05. The summed E-state index contributed by atoms with van der Waals surface area (Å²) in [7, 11) is 0. The number of carbonyl (C=O) groups is 2. The second-order valence-electron chi connectivity index (χ2n) is 9.13. The molecule has 1 aromatic rings. The number of hydrogen-bond donors (Lipinski definition) is 1. The number of rotatable bonds is 5. The topological polar surface area (TPSA) is 52.7 Å². The summed E-state index contributed by atoms with van der Waals surface area (Å²) in [5, 5.41) is 3.33. The first kappa shape index (κ1) is 20.3. The monoisotopic (exact) mass is 401 g/mol. The third-order valence-electron chi connectivity index (χ3n) is 7.37. The van der Waals surface area contributed by atoms with Crippen LogP contribution < -0.4 is 5.32 Å². The molecule has 3 atom stereocenters. The minimum Gasteiger partial charge on any atom is -0.350 e. The van der Waals surface area contributed by atoms with Gasteiger partial charge in [-0.05, 0) is 43.9 Å². The number of piperidine rings is 1. The number of fused-ring (bicyclic) bond motifs is 2. The van der Waals surface area contributed by atoms with Gasteiger partial charge in [0, 0.05) is 43.7 Å². The Morgan fingerprint density at radius 2 is 1.93 bits per heavy atom. The van der Waals surface area contributed by atoms with Gasteiger partial charge in [0.05, 0.1) is 12.3 Å². The van der Waals surface area contributed by atoms with Crippen molar-refractivity contribution in [2.75, 3.05) is 26.2 Å². The van der Waals surface area contributed by atoms with Crippen molar-refractivity contribution >= 4 is 11.8 Å². The largest absolute Gasteiger partial charge is 0.350 e. The molecule has 4 rings (SSSR count). The second-order valence-corrected chi connectivity index (χ2v) is 9.13. The first-order valence-electron chi connectivity index (χ1n) is 11.0. The normalized spacial score (nSPS) is 27.1. The zero-order chi connectivity index (χ0) is 20.6. The lowest BCUT2D eigenvalue weighted by molar-refractivity contribution is -0.132. The van der Waals surface area contributed by atoms with E-state index >= 15 is 0 Å². The number of likely N-dealkylation sites (tertiary alicyclic amines) is 2. The Bertz CT molecular complexity index is 758. The zero-order valence-electron chi connectivity index (χ0n) is 17.5. The summed E-state index contributed by atoms with van der Waals surface area (Å²) < 4.78 is 13.1. The zero-order valence-corrected chi connectivity index (χ0v) is 17.5. The summed E-state index contributed by atoms with van der Waals surface area (Å²) in [6, 6.07) is 6.66. The van der Waals surface area contributed by atoms with E-state index in [4.69, 9.17) is 0 Å². The molecule has 3 aliphatic rings. The van der Waals surface area contributed by atoms with E-state index in [2.05, 4.69) is 24.1 Å². The molecular formula is C23H32FN3O2. The van der Waals surface area contributed by atoms with E-state index in [1.807, 2.05) is 4.90 Å². The molecule has 1 spiro atoms. The molecule has 0 radical (unpaired) electrons. The predicted octanol–water partition coefficient (Wildman–Crippen LogP) is 2.60. The lowest BCUT2D eigenvalue weighted by Gasteiger charge is -2.43. The van der Waals surface area contributed by atoms with Crippen molar-refractivity contribution in [1.82, 2.24) is 15.1 Å². The van der Waals surface area contributed by atoms with Gasteiger partial charge in [-0.2, -0.15) is 0 Å². The Balaban J connectivity index is 1.37. The molecular weight excluding hydrogens is 369 g/mol. The van der Waals surface area contributed by atoms with Gasteiger partial charge in [-0.25, -0.2) is 4.39 Å². The van der Waals surface area contributed by atoms with Gasteiger partial charge in [0.2, 0.25) is 11.8 Å². The molecule has 0 aliphatic carbocycles. The van der Waals surface area contributed by atoms with Crippen LogP contribution in [-0.2, 0) is 16.0 Å². The first-order chi connectivity index (χ1) is 13.9. The quantitative estimate of drug-likeness (QED) is 0.825. The molecule has 3 saturated heterocycles. The maximum absolute atomic E-state index is 13.1. The summed E-state index contributed by atoms with van der Waals surface area (Å²) in [6.45, 7) is 7.68. The van der Waals surface area contributed by atoms with Crippen LogP contribution >= 0.6 is 0 Å². The van der Waals surface area contributed by atoms with Crippen LogP contribution in [0.2, 0.25) is 0 Å². The fourth-order valence-corrected chi connectivity index (χ4v) is 5.59. The Morgan fingerprint density at radius 1 is 1.24 bits per heavy atom. The number of carbonyl (C=O) groups excluding carboxylic acids is 2. The van der Waals surface area contributed by atoms with Crippen molar-refractivity contribution in [1.29, 1.82) is 0 Å². The lowest BCUT2D eigenvalue weighted by atomic mass is 9.75. The molecule has 1 aromatic carbocycles. The van der Waals surface area contributed by atoms with E-state index in [0.717, 1.165) is 37.9 Å². The Hall–Kier alpha value is -1.95. The van der Waals surface area contributed by atoms with Gasteiger partial charge >= 0.3 is 0 Å². The highest BCUT2D eigenvalue weighted by atomic mass is 19.1. The van der Waals surface area contributed by atoms with Crippen LogP contribution in [0, 0.1) is 17.7 Å². The lowest BCUT2D eigenvalue weighted by Crippen LogP contribution is -2.56. The van der Waals surface area contributed by atoms with Gasteiger partial charge in [-0.15, -0.1) is 0 Å². The molecule has 1 unspecified atom stereocenters. The van der Waals surface area contributed by atoms with Crippen molar-refractivity contribution in [2.24, 2.45) is 11.8 Å². The number of nitrogens with zero attached hydrogens (tertiary/aromatic N) is 2. The SMILES string of the molecule is CCCC(C)N1C[C@H]2C(=O)NC3(CCN(C(=O)Cc4ccc(F)cc4)CC3)[C@H]2C1. The Labute approximate surface area is 172 Å². The molecule has 1 N–H and O–H groups in total. The van der Waals surface area contributed by atoms with Gasteiger partial charge in [0.25, 0.3) is 0 Å². The van der Waals surface area contributed by atoms with Crippen LogP contribution in [0.1, 0.15) is 45.1 Å². The minimum atomic E-state index is -0.286. The molecule has 0 aromatic heterocycles. The molecule has 3 fully saturated rings. The van der Waals surface area contributed by atoms with Crippen molar-refractivity contribution in [2.45, 2.75) is 57.5 Å². The van der Waals surface area contributed by atoms with E-state index in [1.165, 1.54) is 18.6 Å². The van der Waals surface area contributed by atoms with E-state index in [-0.39, 0.29) is 29.1 Å². The van der Waals surface area contributed by atoms with Crippen LogP contribution in [0.5, 0.6) is 0 Å². The van der Waals surface area contributed by atoms with Crippen LogP contribution in [0.4, 0.5) is 4.39 Å². The van der Waals surface area contributed by atoms with Crippen molar-refractivity contribution < 1.29 is 14.0 Å². The van der Waals surface area contributed by atoms with E-state index < -0.39 is 0 Å². The highest BCUT2D eigenvalue weighted by molar-refractivity contribution is 5.84. The summed E-state index contributed by atoms with van der Waals surface area (Å²) >= 11 is 0. The summed E-state index contributed by atoms with van der Waals surface area (Å²) in [5.74, 6) is 0.440. The molecule has 3 heterocycles. The summed E-state index contributed by atoms with van der Waals surface area (Å²) in [4.78, 5) is 29.8. The molecule has 6 heteroatoms. The number of hydrogen-bond acceptors (Lipinski definition) is 3. The number of amides is 2. The van der Waals surface area contributed by atoms with Gasteiger partial charge in [-0.1, -0.05) is 25.5 Å². The molecule has 5 nitrogen and oxygen atoms in total. The number of halogens is 1. The minimum absolute atomic E-state index is 0.0805. The summed E-state index contributed by atoms with van der Waals surface area (Å²) in [6.07, 6.45) is 4.28. The van der Waals surface area contributed by atoms with E-state index in [1.54, 1.807) is 12.1 Å². The predicted molar refractivity (Wildman–Crippen MR) is 110 cm³/mol. The van der Waals surface area contributed by atoms with Crippen LogP contribution in [0.15, 0.2) is 24.3 Å². The maximum Gasteiger partial charge on any atom is 0.226 e. The third kappa shape index (κ3) is 3.91. The summed E-state index contributed by atoms with van der Waals surface area (Å²) in [5.41, 5.74) is 0.678. The highest BCUT2D eigenvalue weighted by Crippen LogP contribution is 2.44. The van der Waals surface area contributed by atoms with E-state index in [9.17, 15) is 14.0 Å². The first-order valence-corrected chi connectivity index (χ1v) is 11.0. The fourth-order valence-electron chi connectivity index (χ4n) is 5.59. The van der Waals surface area contributed by atoms with Gasteiger partial charge in [-0.3, -0.25) is 14.5 Å². The average molecular weight is 402 g/mol. The van der Waals surface area contributed by atoms with E-state index in [0.29, 0.717) is 31.5 Å². The Kier molecular flexibility index (Phi) is 5.65. The molecule has 0 saturated carbocycles. The van der Waals surface area contributed by atoms with Crippen LogP contribution in [0.25, 0.3) is 0 Å². The number of nitrogens with one attached hydrogen (secondary N) is 1. The van der Waals surface area contributed by atoms with Gasteiger partial charge < -0.3 is 10.2 Å². The van der Waals surface area contributed by atoms with Crippen molar-refractivity contribution in [3.8, 4) is 0 Å². The van der Waals surface area contributed by atoms with Gasteiger partial charge in [0.15, 0.2) is 0 Å². The molecule has 29 heavy (non-hydrogen) atoms. The molecule has 0 bridgehead atoms. The highest BCUT2D eigenvalue weighted by Gasteiger charge is 2.57. The molecule has 2 amide bonds. The van der Waals surface area contributed by atoms with Crippen molar-refractivity contribution in [3.63, 3.8) is 0 Å². The maximum atomic E-state index is 13.1.